The molecular weight excluding hydrogens is 292 g/mol. The Morgan fingerprint density at radius 3 is 2.67 bits per heavy atom. The van der Waals surface area contributed by atoms with E-state index in [0.717, 1.165) is 25.1 Å². The lowest BCUT2D eigenvalue weighted by atomic mass is 10.2. The van der Waals surface area contributed by atoms with Crippen LogP contribution in [0.3, 0.4) is 0 Å². The fraction of sp³-hybridized carbons (Fsp3) is 0.882. The third-order valence-corrected chi connectivity index (χ3v) is 12.3. The minimum absolute atomic E-state index is 0.782. The Balaban J connectivity index is 2.25. The number of aliphatic imine (C=N–C) groups is 2. The molecule has 1 aliphatic rings. The first-order chi connectivity index (χ1) is 10.1. The van der Waals surface area contributed by atoms with Crippen molar-refractivity contribution in [1.82, 2.24) is 0 Å². The molecule has 1 heterocycles. The van der Waals surface area contributed by atoms with E-state index >= 15 is 0 Å². The Hall–Kier alpha value is -0.0931. The predicted octanol–water partition coefficient (Wildman–Crippen LogP) is 5.59. The summed E-state index contributed by atoms with van der Waals surface area (Å²) in [5.41, 5.74) is 0.782. The third kappa shape index (κ3) is 6.68. The summed E-state index contributed by atoms with van der Waals surface area (Å²) in [4.78, 5) is 9.39. The zero-order chi connectivity index (χ0) is 15.6. The van der Waals surface area contributed by atoms with Crippen LogP contribution in [-0.4, -0.2) is 37.8 Å². The van der Waals surface area contributed by atoms with Crippen LogP contribution >= 0.6 is 11.8 Å². The van der Waals surface area contributed by atoms with Crippen molar-refractivity contribution in [2.75, 3.05) is 18.8 Å². The Labute approximate surface area is 137 Å². The number of unbranched alkanes of at least 4 members (excludes halogenated alkanes) is 4. The van der Waals surface area contributed by atoms with E-state index in [1.807, 2.05) is 11.8 Å². The minimum Gasteiger partial charge on any atom is -0.298 e. The quantitative estimate of drug-likeness (QED) is 0.276. The van der Waals surface area contributed by atoms with Crippen molar-refractivity contribution in [3.8, 4) is 0 Å². The van der Waals surface area contributed by atoms with Crippen LogP contribution in [0.1, 0.15) is 59.3 Å². The lowest BCUT2D eigenvalue weighted by molar-refractivity contribution is 0.639. The zero-order valence-electron chi connectivity index (χ0n) is 14.5. The second kappa shape index (κ2) is 10.6. The van der Waals surface area contributed by atoms with E-state index in [1.54, 1.807) is 0 Å². The fourth-order valence-electron chi connectivity index (χ4n) is 2.68. The first kappa shape index (κ1) is 19.0. The molecule has 0 spiro atoms. The van der Waals surface area contributed by atoms with Gasteiger partial charge in [-0.2, -0.15) is 0 Å². The van der Waals surface area contributed by atoms with E-state index in [4.69, 9.17) is 4.99 Å². The van der Waals surface area contributed by atoms with Gasteiger partial charge < -0.3 is 0 Å². The normalized spacial score (nSPS) is 18.4. The van der Waals surface area contributed by atoms with Crippen LogP contribution in [-0.2, 0) is 0 Å². The van der Waals surface area contributed by atoms with Gasteiger partial charge in [-0.1, -0.05) is 53.0 Å². The summed E-state index contributed by atoms with van der Waals surface area (Å²) in [5.74, 6) is 1.20. The summed E-state index contributed by atoms with van der Waals surface area (Å²) in [5, 5.41) is 0. The van der Waals surface area contributed by atoms with Crippen molar-refractivity contribution in [2.45, 2.75) is 77.4 Å². The van der Waals surface area contributed by atoms with Gasteiger partial charge in [0.25, 0.3) is 0 Å². The molecule has 122 valence electrons. The largest absolute Gasteiger partial charge is 0.298 e. The maximum Gasteiger partial charge on any atom is 0.118 e. The fourth-order valence-corrected chi connectivity index (χ4v) is 8.36. The molecule has 0 aromatic heterocycles. The molecule has 21 heavy (non-hydrogen) atoms. The van der Waals surface area contributed by atoms with E-state index in [9.17, 15) is 0 Å². The van der Waals surface area contributed by atoms with Crippen LogP contribution in [0.15, 0.2) is 9.98 Å². The summed E-state index contributed by atoms with van der Waals surface area (Å²) in [6, 6.07) is 1.32. The highest BCUT2D eigenvalue weighted by Gasteiger charge is 2.37. The zero-order valence-corrected chi connectivity index (χ0v) is 16.3. The van der Waals surface area contributed by atoms with Gasteiger partial charge in [-0.3, -0.25) is 9.98 Å². The van der Waals surface area contributed by atoms with Crippen LogP contribution in [0, 0.1) is 0 Å². The van der Waals surface area contributed by atoms with Crippen LogP contribution in [0.25, 0.3) is 0 Å². The summed E-state index contributed by atoms with van der Waals surface area (Å²) < 4.78 is 1.52. The first-order valence-corrected chi connectivity index (χ1v) is 12.5. The molecule has 0 aliphatic carbocycles. The second-order valence-corrected chi connectivity index (χ2v) is 13.1. The smallest absolute Gasteiger partial charge is 0.118 e. The molecule has 0 aromatic rings. The van der Waals surface area contributed by atoms with Gasteiger partial charge in [0.15, 0.2) is 0 Å². The number of nitrogens with zero attached hydrogens (tertiary/aromatic N) is 2. The molecule has 1 rings (SSSR count). The monoisotopic (exact) mass is 326 g/mol. The van der Waals surface area contributed by atoms with Gasteiger partial charge in [0.1, 0.15) is 8.07 Å². The van der Waals surface area contributed by atoms with E-state index in [-0.39, 0.29) is 0 Å². The molecule has 0 saturated carbocycles. The van der Waals surface area contributed by atoms with Crippen molar-refractivity contribution in [1.29, 1.82) is 0 Å². The van der Waals surface area contributed by atoms with Gasteiger partial charge in [0, 0.05) is 23.5 Å². The van der Waals surface area contributed by atoms with Crippen molar-refractivity contribution >= 4 is 30.7 Å². The predicted molar refractivity (Wildman–Crippen MR) is 103 cm³/mol. The van der Waals surface area contributed by atoms with Crippen LogP contribution in [0.4, 0.5) is 0 Å². The molecule has 1 aliphatic heterocycles. The van der Waals surface area contributed by atoms with Crippen LogP contribution < -0.4 is 0 Å². The highest BCUT2D eigenvalue weighted by Crippen LogP contribution is 2.34. The molecule has 1 unspecified atom stereocenters. The Kier molecular flexibility index (Phi) is 9.57. The highest BCUT2D eigenvalue weighted by molar-refractivity contribution is 8.18. The maximum atomic E-state index is 4.78. The summed E-state index contributed by atoms with van der Waals surface area (Å²) in [6.45, 7) is 11.6. The van der Waals surface area contributed by atoms with Gasteiger partial charge in [-0.15, -0.1) is 11.8 Å². The Morgan fingerprint density at radius 2 is 2.05 bits per heavy atom. The van der Waals surface area contributed by atoms with Crippen molar-refractivity contribution in [3.05, 3.63) is 0 Å². The van der Waals surface area contributed by atoms with Crippen LogP contribution in [0.2, 0.25) is 18.1 Å². The standard InChI is InChI=1S/C17H34N2SSi/c1-5-6-7-8-9-11-18-12-10-15-21(4,16(2)3)17-19-13-14-20-17/h12,16H,5-11,13-15H2,1-4H3. The molecule has 4 heteroatoms. The average molecular weight is 327 g/mol. The van der Waals surface area contributed by atoms with E-state index in [2.05, 4.69) is 38.5 Å². The van der Waals surface area contributed by atoms with Gasteiger partial charge in [0.05, 0.1) is 0 Å². The molecule has 0 amide bonds. The number of hydrogen-bond acceptors (Lipinski definition) is 3. The Morgan fingerprint density at radius 1 is 1.29 bits per heavy atom. The molecule has 0 aromatic carbocycles. The summed E-state index contributed by atoms with van der Waals surface area (Å²) in [7, 11) is -1.36. The summed E-state index contributed by atoms with van der Waals surface area (Å²) >= 11 is 2.02. The lowest BCUT2D eigenvalue weighted by Gasteiger charge is -2.30. The van der Waals surface area contributed by atoms with Crippen molar-refractivity contribution in [3.63, 3.8) is 0 Å². The van der Waals surface area contributed by atoms with Crippen molar-refractivity contribution < 1.29 is 0 Å². The minimum atomic E-state index is -1.36. The molecule has 2 nitrogen and oxygen atoms in total. The topological polar surface area (TPSA) is 24.7 Å². The maximum absolute atomic E-state index is 4.78. The molecule has 0 saturated heterocycles. The number of rotatable bonds is 11. The molecule has 0 radical (unpaired) electrons. The first-order valence-electron chi connectivity index (χ1n) is 8.77. The molecule has 0 bridgehead atoms. The van der Waals surface area contributed by atoms with E-state index in [1.165, 1.54) is 48.6 Å². The van der Waals surface area contributed by atoms with E-state index in [0.29, 0.717) is 0 Å². The summed E-state index contributed by atoms with van der Waals surface area (Å²) in [6.07, 6.45) is 10.0. The molecule has 0 N–H and O–H groups in total. The van der Waals surface area contributed by atoms with Gasteiger partial charge >= 0.3 is 0 Å². The SMILES string of the molecule is CCCCCCCN=CCC[Si](C)(C1=NCCS1)C(C)C. The van der Waals surface area contributed by atoms with Gasteiger partial charge in [0.2, 0.25) is 0 Å². The molecule has 0 fully saturated rings. The molecular formula is C17H34N2SSi. The average Bonchev–Trinajstić information content (AvgIpc) is 2.99. The number of hydrogen-bond donors (Lipinski definition) is 0. The van der Waals surface area contributed by atoms with Crippen molar-refractivity contribution in [2.24, 2.45) is 9.98 Å². The third-order valence-electron chi connectivity index (χ3n) is 4.66. The Bertz CT molecular complexity index is 342. The highest BCUT2D eigenvalue weighted by atomic mass is 32.2. The van der Waals surface area contributed by atoms with Crippen LogP contribution in [0.5, 0.6) is 0 Å². The molecule has 1 atom stereocenters. The van der Waals surface area contributed by atoms with Gasteiger partial charge in [-0.05, 0) is 30.6 Å². The van der Waals surface area contributed by atoms with Gasteiger partial charge in [-0.25, -0.2) is 0 Å². The van der Waals surface area contributed by atoms with E-state index < -0.39 is 8.07 Å². The second-order valence-electron chi connectivity index (χ2n) is 6.65. The number of thioether (sulfide) groups is 1. The lowest BCUT2D eigenvalue weighted by Crippen LogP contribution is -2.41.